The van der Waals surface area contributed by atoms with Crippen LogP contribution in [0.4, 0.5) is 0 Å². The Hall–Kier alpha value is -3.09. The van der Waals surface area contributed by atoms with E-state index in [1.165, 1.54) is 0 Å². The van der Waals surface area contributed by atoms with Gasteiger partial charge in [-0.05, 0) is 37.8 Å². The minimum Gasteiger partial charge on any atom is -0.493 e. The predicted molar refractivity (Wildman–Crippen MR) is 151 cm³/mol. The smallest absolute Gasteiger partial charge is 0.166 e. The molecule has 0 fully saturated rings. The number of oxime groups is 1. The van der Waals surface area contributed by atoms with Crippen LogP contribution in [0.15, 0.2) is 35.5 Å². The third-order valence-electron chi connectivity index (χ3n) is 6.48. The lowest BCUT2D eigenvalue weighted by Gasteiger charge is -2.29. The molecule has 2 aromatic carbocycles. The van der Waals surface area contributed by atoms with E-state index in [2.05, 4.69) is 32.9 Å². The van der Waals surface area contributed by atoms with Gasteiger partial charge in [0, 0.05) is 29.7 Å². The van der Waals surface area contributed by atoms with Crippen molar-refractivity contribution in [3.05, 3.63) is 41.5 Å². The Bertz CT molecular complexity index is 1020. The zero-order chi connectivity index (χ0) is 27.2. The van der Waals surface area contributed by atoms with Crippen molar-refractivity contribution in [1.29, 1.82) is 0 Å². The summed E-state index contributed by atoms with van der Waals surface area (Å²) >= 11 is 0. The summed E-state index contributed by atoms with van der Waals surface area (Å²) < 4.78 is 30.7. The van der Waals surface area contributed by atoms with E-state index in [1.807, 2.05) is 30.3 Å². The lowest BCUT2D eigenvalue weighted by molar-refractivity contribution is 0.232. The molecular weight excluding hydrogens is 482 g/mol. The van der Waals surface area contributed by atoms with E-state index in [0.29, 0.717) is 55.8 Å². The molecule has 3 rings (SSSR count). The molecule has 0 saturated heterocycles. The number of hydrogen-bond acceptors (Lipinski definition) is 7. The summed E-state index contributed by atoms with van der Waals surface area (Å²) in [6.45, 7) is 11.0. The van der Waals surface area contributed by atoms with Crippen LogP contribution in [-0.2, 0) is 6.42 Å². The number of unbranched alkanes of at least 4 members (excludes halogenated alkanes) is 4. The fraction of sp³-hybridized carbons (Fsp3) is 0.581. The summed E-state index contributed by atoms with van der Waals surface area (Å²) in [6, 6.07) is 9.65. The van der Waals surface area contributed by atoms with Gasteiger partial charge in [0.2, 0.25) is 0 Å². The first-order valence-corrected chi connectivity index (χ1v) is 14.3. The highest BCUT2D eigenvalue weighted by molar-refractivity contribution is 5.94. The average Bonchev–Trinajstić information content (AvgIpc) is 2.93. The van der Waals surface area contributed by atoms with Crippen LogP contribution in [-0.4, -0.2) is 37.3 Å². The Morgan fingerprint density at radius 2 is 1.32 bits per heavy atom. The molecule has 0 saturated carbocycles. The van der Waals surface area contributed by atoms with E-state index in [9.17, 15) is 5.21 Å². The molecule has 1 atom stereocenters. The minimum absolute atomic E-state index is 0.411. The molecule has 0 amide bonds. The first-order chi connectivity index (χ1) is 18.6. The summed E-state index contributed by atoms with van der Waals surface area (Å²) in [5.41, 5.74) is 2.21. The molecule has 0 aromatic heterocycles. The van der Waals surface area contributed by atoms with Gasteiger partial charge in [-0.3, -0.25) is 0 Å². The molecule has 0 radical (unpaired) electrons. The third kappa shape index (κ3) is 8.20. The summed E-state index contributed by atoms with van der Waals surface area (Å²) in [5, 5.41) is 13.6. The van der Waals surface area contributed by atoms with Crippen molar-refractivity contribution in [3.63, 3.8) is 0 Å². The highest BCUT2D eigenvalue weighted by Crippen LogP contribution is 2.43. The molecule has 7 nitrogen and oxygen atoms in total. The Labute approximate surface area is 228 Å². The van der Waals surface area contributed by atoms with E-state index < -0.39 is 6.10 Å². The van der Waals surface area contributed by atoms with Crippen molar-refractivity contribution in [2.24, 2.45) is 5.16 Å². The van der Waals surface area contributed by atoms with Gasteiger partial charge in [0.05, 0.1) is 26.4 Å². The van der Waals surface area contributed by atoms with Crippen LogP contribution in [0.25, 0.3) is 0 Å². The molecule has 1 heterocycles. The molecule has 0 unspecified atom stereocenters. The van der Waals surface area contributed by atoms with Gasteiger partial charge in [-0.1, -0.05) is 64.6 Å². The maximum atomic E-state index is 9.98. The lowest BCUT2D eigenvalue weighted by atomic mass is 9.94. The summed E-state index contributed by atoms with van der Waals surface area (Å²) in [7, 11) is 0. The first kappa shape index (κ1) is 29.5. The fourth-order valence-corrected chi connectivity index (χ4v) is 4.14. The normalized spacial score (nSPS) is 15.6. The Kier molecular flexibility index (Phi) is 12.4. The molecule has 38 heavy (non-hydrogen) atoms. The van der Waals surface area contributed by atoms with E-state index >= 15 is 0 Å². The van der Waals surface area contributed by atoms with Crippen LogP contribution in [0.5, 0.6) is 28.7 Å². The molecule has 0 spiro atoms. The standard InChI is InChI=1S/C31H45NO6/c1-5-9-15-34-24-20-28(36-17-11-7-3)25-22-26(32-33)31(38-29(25)21-24)23-13-14-27(35-16-10-6-2)30(19-23)37-18-12-8-4/h13-14,19-21,31,33H,5-12,15-18,22H2,1-4H3/b32-26-/t31-/m1/s1. The Morgan fingerprint density at radius 3 is 1.92 bits per heavy atom. The molecular formula is C31H45NO6. The molecule has 7 heteroatoms. The fourth-order valence-electron chi connectivity index (χ4n) is 4.14. The molecule has 0 aliphatic carbocycles. The summed E-state index contributed by atoms with van der Waals surface area (Å²) in [5.74, 6) is 3.51. The predicted octanol–water partition coefficient (Wildman–Crippen LogP) is 7.91. The van der Waals surface area contributed by atoms with Crippen LogP contribution < -0.4 is 23.7 Å². The largest absolute Gasteiger partial charge is 0.493 e. The van der Waals surface area contributed by atoms with Crippen molar-refractivity contribution < 1.29 is 28.9 Å². The Balaban J connectivity index is 1.92. The third-order valence-corrected chi connectivity index (χ3v) is 6.48. The van der Waals surface area contributed by atoms with Gasteiger partial charge in [0.25, 0.3) is 0 Å². The monoisotopic (exact) mass is 527 g/mol. The van der Waals surface area contributed by atoms with E-state index in [-0.39, 0.29) is 0 Å². The van der Waals surface area contributed by atoms with Crippen molar-refractivity contribution in [2.75, 3.05) is 26.4 Å². The van der Waals surface area contributed by atoms with Crippen LogP contribution >= 0.6 is 0 Å². The second-order valence-corrected chi connectivity index (χ2v) is 9.68. The number of fused-ring (bicyclic) bond motifs is 1. The number of ether oxygens (including phenoxy) is 5. The van der Waals surface area contributed by atoms with Gasteiger partial charge in [-0.2, -0.15) is 0 Å². The van der Waals surface area contributed by atoms with Gasteiger partial charge < -0.3 is 28.9 Å². The van der Waals surface area contributed by atoms with E-state index in [4.69, 9.17) is 23.7 Å². The van der Waals surface area contributed by atoms with E-state index in [0.717, 1.165) is 74.0 Å². The van der Waals surface area contributed by atoms with Gasteiger partial charge in [-0.15, -0.1) is 0 Å². The van der Waals surface area contributed by atoms with Crippen LogP contribution in [0.3, 0.4) is 0 Å². The molecule has 1 aliphatic heterocycles. The van der Waals surface area contributed by atoms with Crippen molar-refractivity contribution >= 4 is 5.71 Å². The van der Waals surface area contributed by atoms with Gasteiger partial charge in [-0.25, -0.2) is 0 Å². The van der Waals surface area contributed by atoms with Crippen LogP contribution in [0, 0.1) is 0 Å². The lowest BCUT2D eigenvalue weighted by Crippen LogP contribution is -2.27. The van der Waals surface area contributed by atoms with Gasteiger partial charge in [0.1, 0.15) is 23.0 Å². The van der Waals surface area contributed by atoms with Crippen molar-refractivity contribution in [2.45, 2.75) is 91.6 Å². The maximum absolute atomic E-state index is 9.98. The maximum Gasteiger partial charge on any atom is 0.166 e. The van der Waals surface area contributed by atoms with E-state index in [1.54, 1.807) is 0 Å². The molecule has 1 N–H and O–H groups in total. The van der Waals surface area contributed by atoms with Crippen molar-refractivity contribution in [3.8, 4) is 28.7 Å². The number of nitrogens with zero attached hydrogens (tertiary/aromatic N) is 1. The number of hydrogen-bond donors (Lipinski definition) is 1. The zero-order valence-electron chi connectivity index (χ0n) is 23.6. The number of benzene rings is 2. The molecule has 1 aliphatic rings. The summed E-state index contributed by atoms with van der Waals surface area (Å²) in [4.78, 5) is 0. The van der Waals surface area contributed by atoms with Crippen LogP contribution in [0.1, 0.15) is 96.3 Å². The molecule has 210 valence electrons. The van der Waals surface area contributed by atoms with Crippen LogP contribution in [0.2, 0.25) is 0 Å². The second kappa shape index (κ2) is 16.0. The highest BCUT2D eigenvalue weighted by Gasteiger charge is 2.32. The van der Waals surface area contributed by atoms with Gasteiger partial charge >= 0.3 is 0 Å². The minimum atomic E-state index is -0.569. The first-order valence-electron chi connectivity index (χ1n) is 14.3. The second-order valence-electron chi connectivity index (χ2n) is 9.68. The molecule has 2 aromatic rings. The average molecular weight is 528 g/mol. The quantitative estimate of drug-likeness (QED) is 0.128. The SMILES string of the molecule is CCCCOc1cc(OCCCC)c2c(c1)O[C@H](c1ccc(OCCCC)c(OCCCC)c1)/C(=N\O)C2. The number of rotatable bonds is 17. The zero-order valence-corrected chi connectivity index (χ0v) is 23.6. The molecule has 0 bridgehead atoms. The Morgan fingerprint density at radius 1 is 0.737 bits per heavy atom. The van der Waals surface area contributed by atoms with Crippen molar-refractivity contribution in [1.82, 2.24) is 0 Å². The highest BCUT2D eigenvalue weighted by atomic mass is 16.5. The van der Waals surface area contributed by atoms with Gasteiger partial charge in [0.15, 0.2) is 17.6 Å². The topological polar surface area (TPSA) is 78.7 Å². The summed E-state index contributed by atoms with van der Waals surface area (Å²) in [6.07, 6.45) is 7.90.